The minimum absolute atomic E-state index is 0.122. The first kappa shape index (κ1) is 11.2. The van der Waals surface area contributed by atoms with Gasteiger partial charge in [-0.05, 0) is 0 Å². The Morgan fingerprint density at radius 1 is 1.69 bits per heavy atom. The molecule has 0 fully saturated rings. The average Bonchev–Trinajstić information content (AvgIpc) is 2.74. The molecule has 0 saturated carbocycles. The van der Waals surface area contributed by atoms with Crippen molar-refractivity contribution in [3.05, 3.63) is 11.9 Å². The Labute approximate surface area is 97.7 Å². The van der Waals surface area contributed by atoms with Gasteiger partial charge in [0.05, 0.1) is 36.2 Å². The van der Waals surface area contributed by atoms with Crippen LogP contribution >= 0.6 is 11.3 Å². The van der Waals surface area contributed by atoms with Gasteiger partial charge in [0.1, 0.15) is 0 Å². The Hall–Kier alpha value is -1.28. The summed E-state index contributed by atoms with van der Waals surface area (Å²) in [6.07, 6.45) is 3.32. The van der Waals surface area contributed by atoms with Gasteiger partial charge in [0, 0.05) is 6.26 Å². The minimum atomic E-state index is -1.10. The smallest absolute Gasteiger partial charge is 0.311 e. The summed E-state index contributed by atoms with van der Waals surface area (Å²) < 4.78 is 17.7. The molecule has 0 aliphatic carbocycles. The second-order valence-electron chi connectivity index (χ2n) is 3.03. The lowest BCUT2D eigenvalue weighted by molar-refractivity contribution is -0.139. The van der Waals surface area contributed by atoms with Gasteiger partial charge < -0.3 is 4.74 Å². The zero-order chi connectivity index (χ0) is 11.7. The molecule has 6 nitrogen and oxygen atoms in total. The second kappa shape index (κ2) is 4.30. The molecule has 0 aliphatic rings. The van der Waals surface area contributed by atoms with Gasteiger partial charge in [-0.1, -0.05) is 11.3 Å². The maximum atomic E-state index is 11.2. The van der Waals surface area contributed by atoms with Crippen molar-refractivity contribution < 1.29 is 13.7 Å². The molecule has 2 heterocycles. The monoisotopic (exact) mass is 259 g/mol. The number of hydrogen-bond donors (Lipinski definition) is 0. The normalized spacial score (nSPS) is 12.9. The van der Waals surface area contributed by atoms with Crippen LogP contribution in [0, 0.1) is 0 Å². The second-order valence-corrected chi connectivity index (χ2v) is 5.54. The number of rotatable bonds is 3. The molecule has 0 N–H and O–H groups in total. The van der Waals surface area contributed by atoms with Crippen LogP contribution < -0.4 is 0 Å². The van der Waals surface area contributed by atoms with E-state index in [1.54, 1.807) is 12.5 Å². The number of ether oxygens (including phenoxy) is 1. The number of esters is 1. The summed E-state index contributed by atoms with van der Waals surface area (Å²) in [6, 6.07) is 0. The molecular formula is C8H9N3O3S2. The van der Waals surface area contributed by atoms with E-state index < -0.39 is 10.8 Å². The van der Waals surface area contributed by atoms with E-state index in [4.69, 9.17) is 0 Å². The summed E-state index contributed by atoms with van der Waals surface area (Å²) in [4.78, 5) is 15.8. The van der Waals surface area contributed by atoms with E-state index in [-0.39, 0.29) is 12.4 Å². The fraction of sp³-hybridized carbons (Fsp3) is 0.375. The molecule has 8 heteroatoms. The number of aromatic nitrogens is 3. The molecule has 0 radical (unpaired) electrons. The molecule has 2 aromatic rings. The van der Waals surface area contributed by atoms with Crippen molar-refractivity contribution >= 4 is 33.1 Å². The predicted octanol–water partition coefficient (Wildman–Crippen LogP) is 0.244. The zero-order valence-corrected chi connectivity index (χ0v) is 10.3. The van der Waals surface area contributed by atoms with Crippen LogP contribution in [0.3, 0.4) is 0 Å². The van der Waals surface area contributed by atoms with Gasteiger partial charge in [-0.2, -0.15) is 0 Å². The van der Waals surface area contributed by atoms with Crippen molar-refractivity contribution in [2.24, 2.45) is 0 Å². The van der Waals surface area contributed by atoms with Crippen molar-refractivity contribution in [3.8, 4) is 0 Å². The minimum Gasteiger partial charge on any atom is -0.469 e. The fourth-order valence-electron chi connectivity index (χ4n) is 1.15. The molecule has 2 rings (SSSR count). The SMILES string of the molecule is COC(=O)Cc1cn2nc(S(C)=O)sc2n1. The molecule has 86 valence electrons. The highest BCUT2D eigenvalue weighted by Gasteiger charge is 2.12. The summed E-state index contributed by atoms with van der Waals surface area (Å²) in [5.74, 6) is -0.343. The molecule has 0 saturated heterocycles. The number of carbonyl (C=O) groups excluding carboxylic acids is 1. The van der Waals surface area contributed by atoms with Gasteiger partial charge in [0.15, 0.2) is 0 Å². The average molecular weight is 259 g/mol. The lowest BCUT2D eigenvalue weighted by atomic mass is 10.3. The summed E-state index contributed by atoms with van der Waals surface area (Å²) in [5.41, 5.74) is 0.596. The standard InChI is InChI=1S/C8H9N3O3S2/c1-14-6(12)3-5-4-11-7(9-5)15-8(10-11)16(2)13/h4H,3H2,1-2H3. The topological polar surface area (TPSA) is 73.6 Å². The highest BCUT2D eigenvalue weighted by Crippen LogP contribution is 2.17. The lowest BCUT2D eigenvalue weighted by Crippen LogP contribution is -2.04. The van der Waals surface area contributed by atoms with Crippen LogP contribution in [-0.4, -0.2) is 38.1 Å². The number of carbonyl (C=O) groups is 1. The first-order valence-electron chi connectivity index (χ1n) is 4.35. The molecule has 0 aliphatic heterocycles. The summed E-state index contributed by atoms with van der Waals surface area (Å²) in [5, 5.41) is 4.09. The zero-order valence-electron chi connectivity index (χ0n) is 8.67. The largest absolute Gasteiger partial charge is 0.469 e. The molecular weight excluding hydrogens is 250 g/mol. The van der Waals surface area contributed by atoms with Crippen molar-refractivity contribution in [1.82, 2.24) is 14.6 Å². The maximum Gasteiger partial charge on any atom is 0.311 e. The molecule has 2 aromatic heterocycles. The Kier molecular flexibility index (Phi) is 3.01. The molecule has 1 unspecified atom stereocenters. The van der Waals surface area contributed by atoms with Crippen LogP contribution in [0.2, 0.25) is 0 Å². The highest BCUT2D eigenvalue weighted by molar-refractivity contribution is 7.86. The Morgan fingerprint density at radius 3 is 3.00 bits per heavy atom. The van der Waals surface area contributed by atoms with E-state index in [0.717, 1.165) is 0 Å². The number of hydrogen-bond acceptors (Lipinski definition) is 6. The van der Waals surface area contributed by atoms with Crippen LogP contribution in [0.15, 0.2) is 10.5 Å². The summed E-state index contributed by atoms with van der Waals surface area (Å²) >= 11 is 1.25. The van der Waals surface area contributed by atoms with Gasteiger partial charge in [-0.3, -0.25) is 9.00 Å². The molecule has 0 aromatic carbocycles. The van der Waals surface area contributed by atoms with Crippen molar-refractivity contribution in [1.29, 1.82) is 0 Å². The fourth-order valence-corrected chi connectivity index (χ4v) is 2.68. The van der Waals surface area contributed by atoms with Crippen LogP contribution in [-0.2, 0) is 26.8 Å². The quantitative estimate of drug-likeness (QED) is 0.738. The van der Waals surface area contributed by atoms with Gasteiger partial charge in [-0.15, -0.1) is 5.10 Å². The van der Waals surface area contributed by atoms with E-state index in [9.17, 15) is 9.00 Å². The van der Waals surface area contributed by atoms with Crippen molar-refractivity contribution in [3.63, 3.8) is 0 Å². The van der Waals surface area contributed by atoms with Gasteiger partial charge >= 0.3 is 5.97 Å². The van der Waals surface area contributed by atoms with Crippen molar-refractivity contribution in [2.75, 3.05) is 13.4 Å². The van der Waals surface area contributed by atoms with E-state index in [2.05, 4.69) is 14.8 Å². The lowest BCUT2D eigenvalue weighted by Gasteiger charge is -1.93. The van der Waals surface area contributed by atoms with Crippen LogP contribution in [0.1, 0.15) is 5.69 Å². The van der Waals surface area contributed by atoms with Crippen LogP contribution in [0.25, 0.3) is 4.96 Å². The molecule has 1 atom stereocenters. The first-order chi connectivity index (χ1) is 7.60. The molecule has 16 heavy (non-hydrogen) atoms. The number of fused-ring (bicyclic) bond motifs is 1. The van der Waals surface area contributed by atoms with E-state index >= 15 is 0 Å². The molecule has 0 bridgehead atoms. The third-order valence-corrected chi connectivity index (χ3v) is 4.12. The third kappa shape index (κ3) is 2.12. The predicted molar refractivity (Wildman–Crippen MR) is 58.9 cm³/mol. The summed E-state index contributed by atoms with van der Waals surface area (Å²) in [6.45, 7) is 0. The number of methoxy groups -OCH3 is 1. The van der Waals surface area contributed by atoms with Crippen LogP contribution in [0.4, 0.5) is 0 Å². The van der Waals surface area contributed by atoms with Crippen LogP contribution in [0.5, 0.6) is 0 Å². The Bertz CT molecular complexity index is 528. The molecule has 0 spiro atoms. The Balaban J connectivity index is 2.29. The van der Waals surface area contributed by atoms with Gasteiger partial charge in [0.2, 0.25) is 9.30 Å². The van der Waals surface area contributed by atoms with E-state index in [1.165, 1.54) is 23.0 Å². The van der Waals surface area contributed by atoms with E-state index in [1.807, 2.05) is 0 Å². The summed E-state index contributed by atoms with van der Waals surface area (Å²) in [7, 11) is 0.227. The van der Waals surface area contributed by atoms with Crippen molar-refractivity contribution in [2.45, 2.75) is 10.8 Å². The third-order valence-electron chi connectivity index (χ3n) is 1.87. The number of imidazole rings is 1. The molecule has 0 amide bonds. The Morgan fingerprint density at radius 2 is 2.44 bits per heavy atom. The van der Waals surface area contributed by atoms with E-state index in [0.29, 0.717) is 15.0 Å². The maximum absolute atomic E-state index is 11.2. The van der Waals surface area contributed by atoms with Gasteiger partial charge in [0.25, 0.3) is 0 Å². The highest BCUT2D eigenvalue weighted by atomic mass is 32.2. The van der Waals surface area contributed by atoms with Gasteiger partial charge in [-0.25, -0.2) is 9.50 Å². The number of nitrogens with zero attached hydrogens (tertiary/aromatic N) is 3. The first-order valence-corrected chi connectivity index (χ1v) is 6.73.